The van der Waals surface area contributed by atoms with Crippen molar-refractivity contribution in [3.8, 4) is 11.4 Å². The van der Waals surface area contributed by atoms with Gasteiger partial charge >= 0.3 is 0 Å². The van der Waals surface area contributed by atoms with E-state index in [1.165, 1.54) is 151 Å². The Morgan fingerprint density at radius 1 is 0.188 bits per heavy atom. The largest absolute Gasteiger partial charge is 0.309 e. The molecule has 0 spiro atoms. The molecule has 0 aliphatic rings. The molecule has 0 bridgehead atoms. The van der Waals surface area contributed by atoms with E-state index >= 15 is 0 Å². The van der Waals surface area contributed by atoms with Gasteiger partial charge in [-0.05, 0) is 145 Å². The Balaban J connectivity index is 0.000000129. The van der Waals surface area contributed by atoms with Gasteiger partial charge in [0.1, 0.15) is 0 Å². The first-order valence-electron chi connectivity index (χ1n) is 37.5. The SMILES string of the molecule is Brc1cccc(Br)c1.Brc1cccc([Si](c2ccccc2)(c2ccccc2)c2cccc3c2sc2ccccc23)c1.c1ccc([Si](c2ccccc2)(c2cccc(-n3c4ccccc4c4cc(-n5c6ccccc6c6ccccc65)ccc43)c2)c2cccc3c2sc2ccccc23)cc1.c1ccc2c(c1)sc1ccccc12. The van der Waals surface area contributed by atoms with Gasteiger partial charge < -0.3 is 9.13 Å². The Morgan fingerprint density at radius 3 is 0.875 bits per heavy atom. The Kier molecular flexibility index (Phi) is 19.6. The average Bonchev–Trinajstić information content (AvgIpc) is 1.20. The summed E-state index contributed by atoms with van der Waals surface area (Å²) in [4.78, 5) is 0. The smallest absolute Gasteiger partial charge is 0.181 e. The number of hydrogen-bond donors (Lipinski definition) is 0. The molecule has 22 rings (SSSR count). The van der Waals surface area contributed by atoms with E-state index in [2.05, 4.69) is 451 Å². The summed E-state index contributed by atoms with van der Waals surface area (Å²) in [5, 5.41) is 24.3. The second kappa shape index (κ2) is 30.9. The number of hydrogen-bond acceptors (Lipinski definition) is 3. The normalized spacial score (nSPS) is 11.7. The third kappa shape index (κ3) is 12.7. The lowest BCUT2D eigenvalue weighted by Crippen LogP contribution is -2.74. The predicted octanol–water partition coefficient (Wildman–Crippen LogP) is 25.1. The monoisotopic (exact) mass is 1710 g/mol. The maximum atomic E-state index is 3.77. The van der Waals surface area contributed by atoms with Gasteiger partial charge in [0.05, 0.1) is 22.1 Å². The van der Waals surface area contributed by atoms with Crippen LogP contribution in [0.25, 0.3) is 116 Å². The van der Waals surface area contributed by atoms with E-state index in [0.29, 0.717) is 0 Å². The van der Waals surface area contributed by atoms with Crippen LogP contribution in [0, 0.1) is 0 Å². The summed E-state index contributed by atoms with van der Waals surface area (Å²) in [6, 6.07) is 154. The van der Waals surface area contributed by atoms with E-state index in [4.69, 9.17) is 0 Å². The first kappa shape index (κ1) is 71.2. The first-order valence-corrected chi connectivity index (χ1v) is 46.3. The summed E-state index contributed by atoms with van der Waals surface area (Å²) < 4.78 is 16.4. The van der Waals surface area contributed by atoms with Crippen LogP contribution in [0.4, 0.5) is 0 Å². The molecule has 0 amide bonds. The minimum absolute atomic E-state index is 1.10. The number of halogens is 3. The number of para-hydroxylation sites is 3. The lowest BCUT2D eigenvalue weighted by atomic mass is 10.1. The van der Waals surface area contributed by atoms with E-state index in [9.17, 15) is 0 Å². The molecule has 10 heteroatoms. The van der Waals surface area contributed by atoms with Gasteiger partial charge in [-0.3, -0.25) is 0 Å². The first-order chi connectivity index (χ1) is 55.3. The number of nitrogens with zero attached hydrogens (tertiary/aromatic N) is 2. The van der Waals surface area contributed by atoms with Crippen LogP contribution in [0.1, 0.15) is 0 Å². The van der Waals surface area contributed by atoms with Crippen LogP contribution < -0.4 is 41.5 Å². The van der Waals surface area contributed by atoms with Gasteiger partial charge in [0, 0.05) is 107 Å². The molecule has 0 aliphatic carbocycles. The van der Waals surface area contributed by atoms with Gasteiger partial charge in [-0.15, -0.1) is 34.0 Å². The Labute approximate surface area is 689 Å². The second-order valence-electron chi connectivity index (χ2n) is 28.0. The summed E-state index contributed by atoms with van der Waals surface area (Å²) >= 11 is 16.2. The maximum Gasteiger partial charge on any atom is 0.181 e. The zero-order valence-electron chi connectivity index (χ0n) is 60.6. The number of thiophene rings is 3. The molecule has 2 nitrogen and oxygen atoms in total. The number of aromatic nitrogens is 2. The van der Waals surface area contributed by atoms with E-state index < -0.39 is 16.1 Å². The summed E-state index contributed by atoms with van der Waals surface area (Å²) in [5.41, 5.74) is 7.17. The minimum Gasteiger partial charge on any atom is -0.309 e. The Hall–Kier alpha value is -11.1. The summed E-state index contributed by atoms with van der Waals surface area (Å²) in [5.74, 6) is 0. The van der Waals surface area contributed by atoms with Crippen LogP contribution in [-0.4, -0.2) is 25.3 Å². The van der Waals surface area contributed by atoms with Gasteiger partial charge in [-0.2, -0.15) is 0 Å². The fourth-order valence-electron chi connectivity index (χ4n) is 17.1. The number of rotatable bonds is 10. The van der Waals surface area contributed by atoms with Crippen LogP contribution >= 0.6 is 81.8 Å². The molecule has 22 aromatic rings. The molecule has 0 saturated carbocycles. The third-order valence-corrected chi connectivity index (χ3v) is 36.8. The standard InChI is InChI=1S/C54H36N2SSi.C30H21BrSSi.C12H8S.C6H4Br2/c1-3-18-39(19-4-1)58(40-20-5-2-6-21-40,53-32-16-27-46-45-26-10-14-31-52(45)57-54(46)53)41-22-15-17-37(35-41)55-50-30-13-9-25-44(50)47-36-38(33-34-51(47)55)56-48-28-11-7-23-42(48)43-24-8-12-29-49(43)56;31-22-11-9-16-25(21-22)33(23-12-3-1-4-13-23,24-14-5-2-6-15-24)29-20-10-18-27-26-17-7-8-19-28(26)32-30(27)29;1-3-7-11-9(5-1)10-6-2-4-8-12(10)13-11;7-5-2-1-3-6(8)4-5/h1-36H;1-21H;1-8H;1-4H. The minimum atomic E-state index is -2.91. The van der Waals surface area contributed by atoms with Gasteiger partial charge in [0.2, 0.25) is 0 Å². The fourth-order valence-corrected chi connectivity index (χ4v) is 33.1. The number of benzene rings is 17. The highest BCUT2D eigenvalue weighted by atomic mass is 79.9. The average molecular weight is 1710 g/mol. The van der Waals surface area contributed by atoms with Crippen LogP contribution in [0.2, 0.25) is 0 Å². The maximum absolute atomic E-state index is 3.77. The molecule has 0 fully saturated rings. The molecule has 0 saturated heterocycles. The van der Waals surface area contributed by atoms with Crippen LogP contribution in [0.3, 0.4) is 0 Å². The molecular weight excluding hydrogens is 1650 g/mol. The molecule has 5 aromatic heterocycles. The lowest BCUT2D eigenvalue weighted by molar-refractivity contribution is 1.17. The zero-order valence-corrected chi connectivity index (χ0v) is 69.8. The van der Waals surface area contributed by atoms with Crippen molar-refractivity contribution in [3.63, 3.8) is 0 Å². The van der Waals surface area contributed by atoms with Crippen molar-refractivity contribution in [2.45, 2.75) is 0 Å². The summed E-state index contributed by atoms with van der Waals surface area (Å²) in [7, 11) is -5.49. The molecule has 0 aliphatic heterocycles. The second-order valence-corrected chi connectivity index (χ2v) is 41.5. The van der Waals surface area contributed by atoms with E-state index in [1.807, 2.05) is 58.3 Å². The molecule has 0 N–H and O–H groups in total. The van der Waals surface area contributed by atoms with Crippen molar-refractivity contribution in [2.24, 2.45) is 0 Å². The van der Waals surface area contributed by atoms with Crippen molar-refractivity contribution in [1.82, 2.24) is 9.13 Å². The highest BCUT2D eigenvalue weighted by Crippen LogP contribution is 2.40. The van der Waals surface area contributed by atoms with Crippen molar-refractivity contribution < 1.29 is 0 Å². The van der Waals surface area contributed by atoms with Crippen LogP contribution in [-0.2, 0) is 0 Å². The molecule has 112 heavy (non-hydrogen) atoms. The van der Waals surface area contributed by atoms with Crippen molar-refractivity contribution in [1.29, 1.82) is 0 Å². The van der Waals surface area contributed by atoms with Crippen molar-refractivity contribution in [3.05, 3.63) is 432 Å². The molecule has 5 heterocycles. The topological polar surface area (TPSA) is 9.86 Å². The fraction of sp³-hybridized carbons (Fsp3) is 0. The summed E-state index contributed by atoms with van der Waals surface area (Å²) in [6.45, 7) is 0. The Bertz CT molecular complexity index is 7010. The van der Waals surface area contributed by atoms with Gasteiger partial charge in [-0.25, -0.2) is 0 Å². The summed E-state index contributed by atoms with van der Waals surface area (Å²) in [6.07, 6.45) is 0. The van der Waals surface area contributed by atoms with Gasteiger partial charge in [0.25, 0.3) is 0 Å². The third-order valence-electron chi connectivity index (χ3n) is 21.8. The molecule has 17 aromatic carbocycles. The van der Waals surface area contributed by atoms with Gasteiger partial charge in [0.15, 0.2) is 16.1 Å². The molecule has 534 valence electrons. The van der Waals surface area contributed by atoms with E-state index in [1.54, 1.807) is 0 Å². The number of fused-ring (bicyclic) bond motifs is 15. The zero-order chi connectivity index (χ0) is 75.1. The lowest BCUT2D eigenvalue weighted by Gasteiger charge is -2.35. The van der Waals surface area contributed by atoms with Gasteiger partial charge in [-0.1, -0.05) is 363 Å². The molecular formula is C102H69Br3N2S3Si2. The van der Waals surface area contributed by atoms with Crippen LogP contribution in [0.15, 0.2) is 432 Å². The molecule has 0 radical (unpaired) electrons. The Morgan fingerprint density at radius 2 is 0.473 bits per heavy atom. The van der Waals surface area contributed by atoms with E-state index in [-0.39, 0.29) is 0 Å². The van der Waals surface area contributed by atoms with E-state index in [0.717, 1.165) is 19.1 Å². The molecule has 0 unspecified atom stereocenters. The highest BCUT2D eigenvalue weighted by molar-refractivity contribution is 9.11. The molecule has 0 atom stereocenters. The quantitative estimate of drug-likeness (QED) is 0.0954. The van der Waals surface area contributed by atoms with Crippen LogP contribution in [0.5, 0.6) is 0 Å². The van der Waals surface area contributed by atoms with Crippen molar-refractivity contribution in [2.75, 3.05) is 0 Å². The predicted molar refractivity (Wildman–Crippen MR) is 503 cm³/mol. The van der Waals surface area contributed by atoms with Crippen molar-refractivity contribution >= 4 is 244 Å². The highest BCUT2D eigenvalue weighted by Gasteiger charge is 2.45.